The summed E-state index contributed by atoms with van der Waals surface area (Å²) >= 11 is 0. The molecule has 0 fully saturated rings. The van der Waals surface area contributed by atoms with Crippen LogP contribution in [0.4, 0.5) is 0 Å². The molecule has 0 bridgehead atoms. The number of hydrogen-bond donors (Lipinski definition) is 1. The minimum Gasteiger partial charge on any atom is -0.330 e. The van der Waals surface area contributed by atoms with Gasteiger partial charge in [-0.05, 0) is 25.3 Å². The first-order valence-electron chi connectivity index (χ1n) is 2.80. The van der Waals surface area contributed by atoms with Gasteiger partial charge in [-0.2, -0.15) is 0 Å². The molecule has 1 nitrogen and oxygen atoms in total. The maximum Gasteiger partial charge on any atom is -0.00744 e. The van der Waals surface area contributed by atoms with Gasteiger partial charge in [0.2, 0.25) is 0 Å². The van der Waals surface area contributed by atoms with Crippen LogP contribution in [0.15, 0.2) is 0 Å². The summed E-state index contributed by atoms with van der Waals surface area (Å²) in [6.45, 7) is 5.11. The fraction of sp³-hybridized carbons (Fsp3) is 0.833. The molecule has 0 aromatic heterocycles. The fourth-order valence-corrected chi connectivity index (χ4v) is 0.430. The molecule has 0 atom stereocenters. The number of nitrogens with two attached hydrogens (primary N) is 1. The van der Waals surface area contributed by atoms with E-state index >= 15 is 0 Å². The first kappa shape index (κ1) is 6.96. The Morgan fingerprint density at radius 3 is 2.29 bits per heavy atom. The van der Waals surface area contributed by atoms with Crippen molar-refractivity contribution in [1.82, 2.24) is 0 Å². The Morgan fingerprint density at radius 1 is 1.57 bits per heavy atom. The van der Waals surface area contributed by atoms with Crippen LogP contribution in [0.5, 0.6) is 0 Å². The topological polar surface area (TPSA) is 26.0 Å². The van der Waals surface area contributed by atoms with Gasteiger partial charge >= 0.3 is 0 Å². The standard InChI is InChI=1S/C6H14N/c1-6(2)4-3-5-7/h4,6H,3,5,7H2,1-2H3. The molecule has 1 radical (unpaired) electrons. The summed E-state index contributed by atoms with van der Waals surface area (Å²) in [4.78, 5) is 0. The number of hydrogen-bond acceptors (Lipinski definition) is 1. The number of rotatable bonds is 3. The highest BCUT2D eigenvalue weighted by molar-refractivity contribution is 4.67. The molecule has 0 saturated carbocycles. The average Bonchev–Trinajstić information content (AvgIpc) is 1.61. The molecule has 7 heavy (non-hydrogen) atoms. The van der Waals surface area contributed by atoms with Crippen molar-refractivity contribution < 1.29 is 0 Å². The Labute approximate surface area is 45.9 Å². The molecule has 0 spiro atoms. The summed E-state index contributed by atoms with van der Waals surface area (Å²) in [6, 6.07) is 0. The van der Waals surface area contributed by atoms with Crippen molar-refractivity contribution in [3.63, 3.8) is 0 Å². The van der Waals surface area contributed by atoms with E-state index in [-0.39, 0.29) is 0 Å². The van der Waals surface area contributed by atoms with Crippen LogP contribution in [-0.4, -0.2) is 6.54 Å². The fourth-order valence-electron chi connectivity index (χ4n) is 0.430. The highest BCUT2D eigenvalue weighted by Crippen LogP contribution is 1.98. The van der Waals surface area contributed by atoms with E-state index in [0.29, 0.717) is 5.92 Å². The third-order valence-corrected chi connectivity index (χ3v) is 0.805. The van der Waals surface area contributed by atoms with E-state index in [4.69, 9.17) is 5.73 Å². The Morgan fingerprint density at radius 2 is 2.14 bits per heavy atom. The predicted molar refractivity (Wildman–Crippen MR) is 32.8 cm³/mol. The average molecular weight is 100 g/mol. The third kappa shape index (κ3) is 5.96. The van der Waals surface area contributed by atoms with Crippen molar-refractivity contribution in [2.24, 2.45) is 11.7 Å². The van der Waals surface area contributed by atoms with Crippen LogP contribution in [0.1, 0.15) is 20.3 Å². The van der Waals surface area contributed by atoms with Gasteiger partial charge < -0.3 is 5.73 Å². The molecule has 0 saturated heterocycles. The molecule has 0 aliphatic carbocycles. The van der Waals surface area contributed by atoms with E-state index in [2.05, 4.69) is 20.3 Å². The summed E-state index contributed by atoms with van der Waals surface area (Å²) in [5, 5.41) is 0. The van der Waals surface area contributed by atoms with Crippen LogP contribution in [-0.2, 0) is 0 Å². The van der Waals surface area contributed by atoms with Crippen molar-refractivity contribution in [2.45, 2.75) is 20.3 Å². The van der Waals surface area contributed by atoms with Crippen LogP contribution in [0.2, 0.25) is 0 Å². The smallest absolute Gasteiger partial charge is 0.00744 e. The zero-order chi connectivity index (χ0) is 5.70. The SMILES string of the molecule is CC(C)[CH]CCN. The van der Waals surface area contributed by atoms with Crippen molar-refractivity contribution in [3.05, 3.63) is 6.42 Å². The Hall–Kier alpha value is -0.0400. The van der Waals surface area contributed by atoms with Gasteiger partial charge in [0.25, 0.3) is 0 Å². The highest BCUT2D eigenvalue weighted by atomic mass is 14.5. The summed E-state index contributed by atoms with van der Waals surface area (Å²) < 4.78 is 0. The Bertz CT molecular complexity index is 33.2. The third-order valence-electron chi connectivity index (χ3n) is 0.805. The summed E-state index contributed by atoms with van der Waals surface area (Å²) in [7, 11) is 0. The lowest BCUT2D eigenvalue weighted by atomic mass is 10.1. The van der Waals surface area contributed by atoms with Gasteiger partial charge in [0.05, 0.1) is 0 Å². The highest BCUT2D eigenvalue weighted by Gasteiger charge is 1.89. The molecule has 0 unspecified atom stereocenters. The molecule has 0 rings (SSSR count). The molecular formula is C6H14N. The lowest BCUT2D eigenvalue weighted by Gasteiger charge is -1.98. The van der Waals surface area contributed by atoms with Crippen molar-refractivity contribution in [3.8, 4) is 0 Å². The van der Waals surface area contributed by atoms with Gasteiger partial charge in [-0.15, -0.1) is 0 Å². The first-order chi connectivity index (χ1) is 3.27. The molecule has 2 N–H and O–H groups in total. The van der Waals surface area contributed by atoms with Crippen molar-refractivity contribution >= 4 is 0 Å². The van der Waals surface area contributed by atoms with Gasteiger partial charge in [0.15, 0.2) is 0 Å². The van der Waals surface area contributed by atoms with Gasteiger partial charge in [-0.3, -0.25) is 0 Å². The molecule has 1 heteroatoms. The lowest BCUT2D eigenvalue weighted by Crippen LogP contribution is -2.00. The zero-order valence-electron chi connectivity index (χ0n) is 5.15. The first-order valence-corrected chi connectivity index (χ1v) is 2.80. The van der Waals surface area contributed by atoms with Gasteiger partial charge in [-0.25, -0.2) is 0 Å². The molecular weight excluding hydrogens is 86.1 g/mol. The summed E-state index contributed by atoms with van der Waals surface area (Å²) in [5.41, 5.74) is 5.25. The molecule has 0 aliphatic rings. The second-order valence-electron chi connectivity index (χ2n) is 2.06. The van der Waals surface area contributed by atoms with Crippen LogP contribution in [0.25, 0.3) is 0 Å². The maximum absolute atomic E-state index is 5.25. The molecule has 0 aromatic rings. The minimum atomic E-state index is 0.698. The zero-order valence-corrected chi connectivity index (χ0v) is 5.15. The van der Waals surface area contributed by atoms with E-state index in [0.717, 1.165) is 13.0 Å². The molecule has 0 aliphatic heterocycles. The van der Waals surface area contributed by atoms with E-state index < -0.39 is 0 Å². The van der Waals surface area contributed by atoms with Gasteiger partial charge in [0, 0.05) is 0 Å². The van der Waals surface area contributed by atoms with Crippen molar-refractivity contribution in [1.29, 1.82) is 0 Å². The van der Waals surface area contributed by atoms with Crippen LogP contribution < -0.4 is 5.73 Å². The van der Waals surface area contributed by atoms with E-state index in [1.54, 1.807) is 0 Å². The van der Waals surface area contributed by atoms with Crippen LogP contribution in [0.3, 0.4) is 0 Å². The summed E-state index contributed by atoms with van der Waals surface area (Å²) in [6.07, 6.45) is 3.28. The van der Waals surface area contributed by atoms with E-state index in [1.807, 2.05) is 0 Å². The van der Waals surface area contributed by atoms with Crippen LogP contribution >= 0.6 is 0 Å². The normalized spacial score (nSPS) is 10.3. The van der Waals surface area contributed by atoms with Gasteiger partial charge in [0.1, 0.15) is 0 Å². The second-order valence-corrected chi connectivity index (χ2v) is 2.06. The van der Waals surface area contributed by atoms with Gasteiger partial charge in [-0.1, -0.05) is 13.8 Å². The molecule has 43 valence electrons. The lowest BCUT2D eigenvalue weighted by molar-refractivity contribution is 0.705. The second kappa shape index (κ2) is 4.13. The molecule has 0 aromatic carbocycles. The largest absolute Gasteiger partial charge is 0.330 e. The monoisotopic (exact) mass is 100 g/mol. The van der Waals surface area contributed by atoms with E-state index in [9.17, 15) is 0 Å². The molecule has 0 heterocycles. The van der Waals surface area contributed by atoms with E-state index in [1.165, 1.54) is 0 Å². The summed E-state index contributed by atoms with van der Waals surface area (Å²) in [5.74, 6) is 0.698. The minimum absolute atomic E-state index is 0.698. The van der Waals surface area contributed by atoms with Crippen LogP contribution in [0, 0.1) is 12.3 Å². The predicted octanol–water partition coefficient (Wildman–Crippen LogP) is 1.20. The van der Waals surface area contributed by atoms with Crippen molar-refractivity contribution in [2.75, 3.05) is 6.54 Å². The Kier molecular flexibility index (Phi) is 4.10. The quantitative estimate of drug-likeness (QED) is 0.566. The Balaban J connectivity index is 2.68. The molecule has 0 amide bonds. The maximum atomic E-state index is 5.25.